The van der Waals surface area contributed by atoms with Crippen molar-refractivity contribution in [1.82, 2.24) is 19.9 Å². The highest BCUT2D eigenvalue weighted by molar-refractivity contribution is 5.45. The van der Waals surface area contributed by atoms with Crippen molar-refractivity contribution in [3.05, 3.63) is 36.7 Å². The van der Waals surface area contributed by atoms with Crippen molar-refractivity contribution in [3.63, 3.8) is 0 Å². The highest BCUT2D eigenvalue weighted by Crippen LogP contribution is 2.20. The summed E-state index contributed by atoms with van der Waals surface area (Å²) in [7, 11) is 0. The second-order valence-electron chi connectivity index (χ2n) is 5.07. The zero-order chi connectivity index (χ0) is 13.9. The van der Waals surface area contributed by atoms with E-state index in [9.17, 15) is 0 Å². The summed E-state index contributed by atoms with van der Waals surface area (Å²) in [5.41, 5.74) is 0.999. The van der Waals surface area contributed by atoms with Gasteiger partial charge in [-0.05, 0) is 13.8 Å². The molecule has 0 amide bonds. The lowest BCUT2D eigenvalue weighted by Crippen LogP contribution is -2.52. The van der Waals surface area contributed by atoms with Gasteiger partial charge in [0.2, 0.25) is 0 Å². The van der Waals surface area contributed by atoms with Crippen LogP contribution in [-0.4, -0.2) is 45.6 Å². The number of rotatable bonds is 2. The van der Waals surface area contributed by atoms with Crippen LogP contribution in [0.4, 0.5) is 11.6 Å². The molecular formula is C14H18N6. The number of aromatic nitrogens is 4. The molecule has 0 radical (unpaired) electrons. The second-order valence-corrected chi connectivity index (χ2v) is 5.07. The van der Waals surface area contributed by atoms with Crippen molar-refractivity contribution in [2.45, 2.75) is 19.9 Å². The van der Waals surface area contributed by atoms with Crippen LogP contribution in [0.3, 0.4) is 0 Å². The molecule has 3 heterocycles. The number of nitrogens with zero attached hydrogens (tertiary/aromatic N) is 6. The van der Waals surface area contributed by atoms with Crippen molar-refractivity contribution < 1.29 is 0 Å². The number of hydrogen-bond acceptors (Lipinski definition) is 6. The summed E-state index contributed by atoms with van der Waals surface area (Å²) in [5, 5.41) is 0. The minimum atomic E-state index is 0.375. The SMILES string of the molecule is Cc1cc(N2CCN(c3cnccn3)CC2C)ncn1. The Bertz CT molecular complexity index is 573. The molecule has 1 aliphatic rings. The molecule has 1 unspecified atom stereocenters. The van der Waals surface area contributed by atoms with E-state index in [4.69, 9.17) is 0 Å². The molecule has 0 spiro atoms. The summed E-state index contributed by atoms with van der Waals surface area (Å²) >= 11 is 0. The van der Waals surface area contributed by atoms with E-state index in [0.717, 1.165) is 37.0 Å². The molecule has 0 aliphatic carbocycles. The fourth-order valence-electron chi connectivity index (χ4n) is 2.56. The lowest BCUT2D eigenvalue weighted by atomic mass is 10.2. The van der Waals surface area contributed by atoms with E-state index < -0.39 is 0 Å². The van der Waals surface area contributed by atoms with Crippen molar-refractivity contribution in [2.75, 3.05) is 29.4 Å². The Morgan fingerprint density at radius 1 is 1.10 bits per heavy atom. The van der Waals surface area contributed by atoms with Crippen molar-refractivity contribution in [1.29, 1.82) is 0 Å². The van der Waals surface area contributed by atoms with Crippen LogP contribution in [0, 0.1) is 6.92 Å². The summed E-state index contributed by atoms with van der Waals surface area (Å²) in [5.74, 6) is 1.95. The van der Waals surface area contributed by atoms with E-state index in [-0.39, 0.29) is 0 Å². The summed E-state index contributed by atoms with van der Waals surface area (Å²) in [6, 6.07) is 2.41. The number of aryl methyl sites for hydroxylation is 1. The highest BCUT2D eigenvalue weighted by atomic mass is 15.3. The zero-order valence-corrected chi connectivity index (χ0v) is 11.8. The maximum absolute atomic E-state index is 4.38. The maximum atomic E-state index is 4.38. The first kappa shape index (κ1) is 12.8. The molecule has 104 valence electrons. The molecule has 0 bridgehead atoms. The molecule has 1 aliphatic heterocycles. The van der Waals surface area contributed by atoms with Crippen LogP contribution in [-0.2, 0) is 0 Å². The van der Waals surface area contributed by atoms with E-state index in [2.05, 4.69) is 36.7 Å². The third-order valence-corrected chi connectivity index (χ3v) is 3.58. The summed E-state index contributed by atoms with van der Waals surface area (Å²) < 4.78 is 0. The Kier molecular flexibility index (Phi) is 3.45. The van der Waals surface area contributed by atoms with Gasteiger partial charge in [-0.3, -0.25) is 4.98 Å². The fraction of sp³-hybridized carbons (Fsp3) is 0.429. The molecule has 0 aromatic carbocycles. The van der Waals surface area contributed by atoms with E-state index in [1.165, 1.54) is 0 Å². The third kappa shape index (κ3) is 2.54. The van der Waals surface area contributed by atoms with Crippen LogP contribution >= 0.6 is 0 Å². The lowest BCUT2D eigenvalue weighted by molar-refractivity contribution is 0.541. The predicted molar refractivity (Wildman–Crippen MR) is 77.8 cm³/mol. The van der Waals surface area contributed by atoms with Gasteiger partial charge >= 0.3 is 0 Å². The molecule has 0 saturated carbocycles. The molecule has 1 saturated heterocycles. The number of anilines is 2. The van der Waals surface area contributed by atoms with Gasteiger partial charge in [0.1, 0.15) is 18.0 Å². The van der Waals surface area contributed by atoms with Gasteiger partial charge in [-0.15, -0.1) is 0 Å². The smallest absolute Gasteiger partial charge is 0.147 e. The lowest BCUT2D eigenvalue weighted by Gasteiger charge is -2.40. The second kappa shape index (κ2) is 5.40. The number of piperazine rings is 1. The van der Waals surface area contributed by atoms with Crippen molar-refractivity contribution in [3.8, 4) is 0 Å². The van der Waals surface area contributed by atoms with Gasteiger partial charge in [0, 0.05) is 49.8 Å². The molecule has 1 fully saturated rings. The Hall–Kier alpha value is -2.24. The molecule has 3 rings (SSSR count). The van der Waals surface area contributed by atoms with Crippen LogP contribution in [0.15, 0.2) is 31.0 Å². The van der Waals surface area contributed by atoms with Gasteiger partial charge < -0.3 is 9.80 Å². The van der Waals surface area contributed by atoms with Gasteiger partial charge in [-0.25, -0.2) is 15.0 Å². The minimum absolute atomic E-state index is 0.375. The first-order valence-corrected chi connectivity index (χ1v) is 6.80. The van der Waals surface area contributed by atoms with Crippen LogP contribution < -0.4 is 9.80 Å². The normalized spacial score (nSPS) is 19.2. The summed E-state index contributed by atoms with van der Waals surface area (Å²) in [6.07, 6.45) is 6.89. The molecule has 1 atom stereocenters. The van der Waals surface area contributed by atoms with E-state index >= 15 is 0 Å². The van der Waals surface area contributed by atoms with Crippen LogP contribution in [0.25, 0.3) is 0 Å². The van der Waals surface area contributed by atoms with E-state index in [1.54, 1.807) is 18.7 Å². The van der Waals surface area contributed by atoms with E-state index in [0.29, 0.717) is 6.04 Å². The van der Waals surface area contributed by atoms with Crippen molar-refractivity contribution >= 4 is 11.6 Å². The van der Waals surface area contributed by atoms with Gasteiger partial charge in [-0.1, -0.05) is 0 Å². The van der Waals surface area contributed by atoms with Crippen LogP contribution in [0.5, 0.6) is 0 Å². The largest absolute Gasteiger partial charge is 0.352 e. The Morgan fingerprint density at radius 3 is 2.70 bits per heavy atom. The highest BCUT2D eigenvalue weighted by Gasteiger charge is 2.25. The molecule has 20 heavy (non-hydrogen) atoms. The van der Waals surface area contributed by atoms with Gasteiger partial charge in [0.25, 0.3) is 0 Å². The molecule has 2 aromatic rings. The third-order valence-electron chi connectivity index (χ3n) is 3.58. The zero-order valence-electron chi connectivity index (χ0n) is 11.8. The molecule has 6 heteroatoms. The van der Waals surface area contributed by atoms with Gasteiger partial charge in [-0.2, -0.15) is 0 Å². The first-order valence-electron chi connectivity index (χ1n) is 6.80. The van der Waals surface area contributed by atoms with Crippen LogP contribution in [0.1, 0.15) is 12.6 Å². The van der Waals surface area contributed by atoms with Gasteiger partial charge in [0.05, 0.1) is 6.20 Å². The summed E-state index contributed by atoms with van der Waals surface area (Å²) in [6.45, 7) is 6.97. The monoisotopic (exact) mass is 270 g/mol. The van der Waals surface area contributed by atoms with E-state index in [1.807, 2.05) is 19.2 Å². The minimum Gasteiger partial charge on any atom is -0.352 e. The first-order chi connectivity index (χ1) is 9.74. The molecule has 0 N–H and O–H groups in total. The average molecular weight is 270 g/mol. The predicted octanol–water partition coefficient (Wildman–Crippen LogP) is 1.29. The van der Waals surface area contributed by atoms with Gasteiger partial charge in [0.15, 0.2) is 0 Å². The molecular weight excluding hydrogens is 252 g/mol. The maximum Gasteiger partial charge on any atom is 0.147 e. The summed E-state index contributed by atoms with van der Waals surface area (Å²) in [4.78, 5) is 21.6. The fourth-order valence-corrected chi connectivity index (χ4v) is 2.56. The average Bonchev–Trinajstić information content (AvgIpc) is 2.48. The molecule has 6 nitrogen and oxygen atoms in total. The Labute approximate surface area is 118 Å². The van der Waals surface area contributed by atoms with Crippen molar-refractivity contribution in [2.24, 2.45) is 0 Å². The molecule has 2 aromatic heterocycles. The Balaban J connectivity index is 1.74. The quantitative estimate of drug-likeness (QED) is 0.819. The Morgan fingerprint density at radius 2 is 2.00 bits per heavy atom. The van der Waals surface area contributed by atoms with Crippen LogP contribution in [0.2, 0.25) is 0 Å². The number of hydrogen-bond donors (Lipinski definition) is 0. The topological polar surface area (TPSA) is 58.0 Å². The standard InChI is InChI=1S/C14H18N6/c1-11-7-13(18-10-17-11)20-6-5-19(9-12(20)2)14-8-15-3-4-16-14/h3-4,7-8,10,12H,5-6,9H2,1-2H3.